The fraction of sp³-hybridized carbons (Fsp3) is 0.812. The summed E-state index contributed by atoms with van der Waals surface area (Å²) in [6.45, 7) is 5.09. The molecule has 6 atom stereocenters. The molecule has 1 aliphatic carbocycles. The van der Waals surface area contributed by atoms with Crippen LogP contribution in [0.25, 0.3) is 0 Å². The van der Waals surface area contributed by atoms with Crippen molar-refractivity contribution in [3.63, 3.8) is 0 Å². The van der Waals surface area contributed by atoms with E-state index in [-0.39, 0.29) is 36.1 Å². The fourth-order valence-electron chi connectivity index (χ4n) is 4.43. The van der Waals surface area contributed by atoms with Crippen molar-refractivity contribution in [1.82, 2.24) is 13.5 Å². The first-order valence-electron chi connectivity index (χ1n) is 8.82. The molecule has 3 fully saturated rings. The third-order valence-corrected chi connectivity index (χ3v) is 8.17. The molecule has 2 aliphatic heterocycles. The molecule has 0 bridgehead atoms. The van der Waals surface area contributed by atoms with Crippen molar-refractivity contribution < 1.29 is 27.9 Å². The highest BCUT2D eigenvalue weighted by Gasteiger charge is 2.60. The summed E-state index contributed by atoms with van der Waals surface area (Å²) in [6.07, 6.45) is 0.377. The van der Waals surface area contributed by atoms with E-state index in [1.165, 1.54) is 16.3 Å². The van der Waals surface area contributed by atoms with E-state index >= 15 is 0 Å². The minimum Gasteiger partial charge on any atom is -0.480 e. The second-order valence-corrected chi connectivity index (χ2v) is 9.68. The molecule has 1 saturated carbocycles. The molecule has 2 saturated heterocycles. The summed E-state index contributed by atoms with van der Waals surface area (Å²) in [5.74, 6) is -2.14. The van der Waals surface area contributed by atoms with Gasteiger partial charge < -0.3 is 5.11 Å². The van der Waals surface area contributed by atoms with Crippen LogP contribution >= 0.6 is 0 Å². The van der Waals surface area contributed by atoms with Crippen LogP contribution in [0.1, 0.15) is 27.2 Å². The van der Waals surface area contributed by atoms with E-state index in [1.54, 1.807) is 6.92 Å². The Morgan fingerprint density at radius 3 is 2.31 bits per heavy atom. The lowest BCUT2D eigenvalue weighted by Gasteiger charge is -2.29. The lowest BCUT2D eigenvalue weighted by molar-refractivity contribution is -0.146. The van der Waals surface area contributed by atoms with Crippen LogP contribution in [0.3, 0.4) is 0 Å². The third-order valence-electron chi connectivity index (χ3n) is 6.23. The van der Waals surface area contributed by atoms with Gasteiger partial charge in [-0.25, -0.2) is 0 Å². The highest BCUT2D eigenvalue weighted by Crippen LogP contribution is 2.49. The Hall–Kier alpha value is -1.52. The summed E-state index contributed by atoms with van der Waals surface area (Å²) < 4.78 is 27.5. The van der Waals surface area contributed by atoms with Crippen molar-refractivity contribution in [2.45, 2.75) is 39.3 Å². The molecular weight excluding hydrogens is 362 g/mol. The number of carboxylic acid groups (broad SMARTS) is 1. The molecule has 2 heterocycles. The van der Waals surface area contributed by atoms with Crippen LogP contribution in [0.15, 0.2) is 0 Å². The number of rotatable bonds is 5. The molecule has 9 nitrogen and oxygen atoms in total. The molecule has 0 aromatic rings. The van der Waals surface area contributed by atoms with Crippen LogP contribution in [-0.4, -0.2) is 77.0 Å². The van der Waals surface area contributed by atoms with Gasteiger partial charge in [0.25, 0.3) is 10.2 Å². The van der Waals surface area contributed by atoms with Crippen LogP contribution < -0.4 is 0 Å². The number of carbonyl (C=O) groups is 3. The van der Waals surface area contributed by atoms with Gasteiger partial charge in [-0.1, -0.05) is 20.8 Å². The molecule has 3 aliphatic rings. The maximum Gasteiger partial charge on any atom is 0.318 e. The Kier molecular flexibility index (Phi) is 4.65. The fourth-order valence-corrected chi connectivity index (χ4v) is 6.03. The van der Waals surface area contributed by atoms with Crippen molar-refractivity contribution in [2.24, 2.45) is 23.7 Å². The van der Waals surface area contributed by atoms with Gasteiger partial charge in [0.1, 0.15) is 6.54 Å². The number of carbonyl (C=O) groups excluding carboxylic acids is 2. The predicted molar refractivity (Wildman–Crippen MR) is 90.9 cm³/mol. The molecule has 0 radical (unpaired) electrons. The van der Waals surface area contributed by atoms with Gasteiger partial charge in [-0.15, -0.1) is 0 Å². The molecule has 1 N–H and O–H groups in total. The number of carboxylic acids is 1. The van der Waals surface area contributed by atoms with Crippen molar-refractivity contribution >= 4 is 28.0 Å². The lowest BCUT2D eigenvalue weighted by atomic mass is 10.0. The van der Waals surface area contributed by atoms with Gasteiger partial charge in [0.15, 0.2) is 0 Å². The Bertz CT molecular complexity index is 745. The zero-order valence-electron chi connectivity index (χ0n) is 15.3. The standard InChI is InChI=1S/C16H25N3O6S/c1-8-9(2)13(8)16(23)19-11-5-6-18(14(11)10(3)15(19)22)26(24,25)17(4)7-12(20)21/h8-11,13-14H,5-7H2,1-4H3,(H,20,21)/t8-,9+,10-,11-,13?,14+/m0/s1. The molecule has 1 unspecified atom stereocenters. The lowest BCUT2D eigenvalue weighted by Crippen LogP contribution is -2.49. The molecule has 2 amide bonds. The van der Waals surface area contributed by atoms with Crippen molar-refractivity contribution in [3.8, 4) is 0 Å². The van der Waals surface area contributed by atoms with E-state index in [1.807, 2.05) is 13.8 Å². The Balaban J connectivity index is 1.85. The summed E-state index contributed by atoms with van der Waals surface area (Å²) in [7, 11) is -2.82. The topological polar surface area (TPSA) is 115 Å². The van der Waals surface area contributed by atoms with Gasteiger partial charge in [0, 0.05) is 19.5 Å². The van der Waals surface area contributed by atoms with Crippen LogP contribution in [0.5, 0.6) is 0 Å². The molecule has 26 heavy (non-hydrogen) atoms. The number of hydrogen-bond acceptors (Lipinski definition) is 5. The zero-order chi connectivity index (χ0) is 19.5. The second kappa shape index (κ2) is 6.28. The maximum absolute atomic E-state index is 12.8. The molecule has 0 spiro atoms. The first-order valence-corrected chi connectivity index (χ1v) is 10.2. The number of likely N-dealkylation sites (N-methyl/N-ethyl adjacent to an activating group) is 1. The Morgan fingerprint density at radius 1 is 1.23 bits per heavy atom. The highest BCUT2D eigenvalue weighted by atomic mass is 32.2. The van der Waals surface area contributed by atoms with Gasteiger partial charge in [0.2, 0.25) is 11.8 Å². The largest absolute Gasteiger partial charge is 0.480 e. The Labute approximate surface area is 153 Å². The van der Waals surface area contributed by atoms with Crippen molar-refractivity contribution in [2.75, 3.05) is 20.1 Å². The molecular formula is C16H25N3O6S. The summed E-state index contributed by atoms with van der Waals surface area (Å²) >= 11 is 0. The van der Waals surface area contributed by atoms with Gasteiger partial charge in [0.05, 0.1) is 18.0 Å². The normalized spacial score (nSPS) is 37.3. The van der Waals surface area contributed by atoms with Crippen LogP contribution in [0.2, 0.25) is 0 Å². The quantitative estimate of drug-likeness (QED) is 0.642. The number of nitrogens with zero attached hydrogens (tertiary/aromatic N) is 3. The highest BCUT2D eigenvalue weighted by molar-refractivity contribution is 7.86. The zero-order valence-corrected chi connectivity index (χ0v) is 16.1. The SMILES string of the molecule is C[C@@H]1C(=O)N(C(=O)C2[C@@H](C)[C@H]2C)[C@H]2CCN(S(=O)(=O)N(C)CC(=O)O)[C@H]12. The van der Waals surface area contributed by atoms with Crippen LogP contribution in [0.4, 0.5) is 0 Å². The number of likely N-dealkylation sites (tertiary alicyclic amines) is 1. The van der Waals surface area contributed by atoms with Gasteiger partial charge in [-0.05, 0) is 18.3 Å². The molecule has 0 aromatic carbocycles. The van der Waals surface area contributed by atoms with E-state index in [2.05, 4.69) is 0 Å². The number of fused-ring (bicyclic) bond motifs is 1. The first kappa shape index (κ1) is 19.2. The van der Waals surface area contributed by atoms with Crippen LogP contribution in [-0.2, 0) is 24.6 Å². The minimum atomic E-state index is -4.02. The smallest absolute Gasteiger partial charge is 0.318 e. The van der Waals surface area contributed by atoms with E-state index in [4.69, 9.17) is 5.11 Å². The van der Waals surface area contributed by atoms with Crippen LogP contribution in [0, 0.1) is 23.7 Å². The van der Waals surface area contributed by atoms with Gasteiger partial charge >= 0.3 is 5.97 Å². The summed E-state index contributed by atoms with van der Waals surface area (Å²) in [6, 6.07) is -1.12. The number of hydrogen-bond donors (Lipinski definition) is 1. The summed E-state index contributed by atoms with van der Waals surface area (Å²) in [5.41, 5.74) is 0. The van der Waals surface area contributed by atoms with E-state index in [9.17, 15) is 22.8 Å². The third kappa shape index (κ3) is 2.74. The molecule has 10 heteroatoms. The van der Waals surface area contributed by atoms with Crippen molar-refractivity contribution in [3.05, 3.63) is 0 Å². The first-order chi connectivity index (χ1) is 12.0. The number of imide groups is 1. The number of aliphatic carboxylic acids is 1. The maximum atomic E-state index is 12.8. The van der Waals surface area contributed by atoms with E-state index in [0.717, 1.165) is 4.31 Å². The monoisotopic (exact) mass is 387 g/mol. The average molecular weight is 387 g/mol. The van der Waals surface area contributed by atoms with E-state index in [0.29, 0.717) is 6.42 Å². The molecule has 146 valence electrons. The van der Waals surface area contributed by atoms with Gasteiger partial charge in [-0.3, -0.25) is 19.3 Å². The second-order valence-electron chi connectivity index (χ2n) is 7.69. The Morgan fingerprint density at radius 2 is 1.81 bits per heavy atom. The van der Waals surface area contributed by atoms with Crippen molar-refractivity contribution in [1.29, 1.82) is 0 Å². The average Bonchev–Trinajstić information content (AvgIpc) is 2.88. The molecule has 0 aromatic heterocycles. The summed E-state index contributed by atoms with van der Waals surface area (Å²) in [5, 5.41) is 8.87. The number of amides is 2. The summed E-state index contributed by atoms with van der Waals surface area (Å²) in [4.78, 5) is 37.7. The molecule has 3 rings (SSSR count). The predicted octanol–water partition coefficient (Wildman–Crippen LogP) is -0.403. The van der Waals surface area contributed by atoms with E-state index < -0.39 is 40.7 Å². The minimum absolute atomic E-state index is 0.165. The van der Waals surface area contributed by atoms with Gasteiger partial charge in [-0.2, -0.15) is 17.0 Å².